The first-order chi connectivity index (χ1) is 20.3. The number of rotatable bonds is 13. The number of hydrogen-bond donors (Lipinski definition) is 3. The maximum Gasteiger partial charge on any atom is 0.414 e. The molecule has 0 spiro atoms. The number of carboxylic acids is 1. The van der Waals surface area contributed by atoms with Crippen molar-refractivity contribution in [3.8, 4) is 5.75 Å². The van der Waals surface area contributed by atoms with Gasteiger partial charge in [0.1, 0.15) is 17.2 Å². The molecule has 0 aliphatic heterocycles. The van der Waals surface area contributed by atoms with Gasteiger partial charge in [-0.2, -0.15) is 4.98 Å². The summed E-state index contributed by atoms with van der Waals surface area (Å²) in [7, 11) is -1.12. The number of amides is 1. The summed E-state index contributed by atoms with van der Waals surface area (Å²) in [5, 5.41) is 14.3. The Hall–Kier alpha value is -4.53. The fourth-order valence-electron chi connectivity index (χ4n) is 3.89. The number of sulfone groups is 1. The van der Waals surface area contributed by atoms with E-state index in [2.05, 4.69) is 20.6 Å². The van der Waals surface area contributed by atoms with Gasteiger partial charge in [-0.25, -0.2) is 31.8 Å². The van der Waals surface area contributed by atoms with Crippen molar-refractivity contribution in [2.24, 2.45) is 0 Å². The Balaban J connectivity index is 1.91. The second-order valence-electron chi connectivity index (χ2n) is 9.66. The first-order valence-electron chi connectivity index (χ1n) is 13.3. The number of carbonyl (C=O) groups excluding carboxylic acids is 1. The number of ether oxygens (including phenoxy) is 1. The third-order valence-corrected chi connectivity index (χ3v) is 8.37. The van der Waals surface area contributed by atoms with Gasteiger partial charge in [-0.15, -0.1) is 0 Å². The maximum atomic E-state index is 13.8. The van der Waals surface area contributed by atoms with Crippen molar-refractivity contribution >= 4 is 39.4 Å². The average molecular weight is 621 g/mol. The normalized spacial score (nSPS) is 12.6. The van der Waals surface area contributed by atoms with E-state index in [0.717, 1.165) is 12.1 Å². The molecule has 0 aliphatic rings. The molecule has 2 aromatic carbocycles. The summed E-state index contributed by atoms with van der Waals surface area (Å²) in [6.07, 6.45) is 0.753. The maximum absolute atomic E-state index is 13.8. The highest BCUT2D eigenvalue weighted by Gasteiger charge is 2.27. The lowest BCUT2D eigenvalue weighted by Crippen LogP contribution is -2.34. The van der Waals surface area contributed by atoms with E-state index in [1.165, 1.54) is 30.2 Å². The fourth-order valence-corrected chi connectivity index (χ4v) is 5.10. The van der Waals surface area contributed by atoms with Crippen LogP contribution in [0.4, 0.5) is 31.0 Å². The molecule has 1 heterocycles. The number of aliphatic carboxylic acids is 1. The number of hydrogen-bond acceptors (Lipinski definition) is 10. The molecule has 0 radical (unpaired) electrons. The molecule has 232 valence electrons. The van der Waals surface area contributed by atoms with Crippen LogP contribution in [0.2, 0.25) is 0 Å². The summed E-state index contributed by atoms with van der Waals surface area (Å²) in [6, 6.07) is 7.37. The van der Waals surface area contributed by atoms with E-state index in [4.69, 9.17) is 4.74 Å². The highest BCUT2D eigenvalue weighted by atomic mass is 32.2. The van der Waals surface area contributed by atoms with E-state index in [1.807, 2.05) is 18.7 Å². The van der Waals surface area contributed by atoms with E-state index in [-0.39, 0.29) is 29.6 Å². The molecular formula is C28H34F2N6O6S. The van der Waals surface area contributed by atoms with Gasteiger partial charge in [0.15, 0.2) is 27.3 Å². The van der Waals surface area contributed by atoms with Crippen LogP contribution in [0.5, 0.6) is 5.75 Å². The number of carboxylic acid groups (broad SMARTS) is 1. The molecule has 0 fully saturated rings. The quantitative estimate of drug-likeness (QED) is 0.238. The summed E-state index contributed by atoms with van der Waals surface area (Å²) < 4.78 is 58.7. The van der Waals surface area contributed by atoms with Gasteiger partial charge in [-0.05, 0) is 56.7 Å². The Kier molecular flexibility index (Phi) is 10.8. The summed E-state index contributed by atoms with van der Waals surface area (Å²) >= 11 is 0. The van der Waals surface area contributed by atoms with Gasteiger partial charge in [0.05, 0.1) is 16.8 Å². The molecule has 0 saturated heterocycles. The van der Waals surface area contributed by atoms with Crippen molar-refractivity contribution in [2.75, 3.05) is 42.7 Å². The van der Waals surface area contributed by atoms with E-state index in [9.17, 15) is 31.9 Å². The molecule has 3 rings (SSSR count). The summed E-state index contributed by atoms with van der Waals surface area (Å²) in [4.78, 5) is 35.5. The zero-order valence-electron chi connectivity index (χ0n) is 24.3. The molecule has 43 heavy (non-hydrogen) atoms. The standard InChI is InChI=1S/C28H34F2N6O6S/c1-6-36(7-2)27-31-16-24(32-17(3)43(40,41)20-12-13-21(29)22(30)15-20)25(34-27)33-23(26(37)38)14-18-8-10-19(11-9-18)42-28(39)35(4)5/h8-13,15-17,23,32H,6-7,14H2,1-5H3,(H,37,38)(H,31,33,34). The third-order valence-electron chi connectivity index (χ3n) is 6.41. The topological polar surface area (TPSA) is 154 Å². The highest BCUT2D eigenvalue weighted by Crippen LogP contribution is 2.27. The first kappa shape index (κ1) is 33.0. The molecule has 3 N–H and O–H groups in total. The number of nitrogens with one attached hydrogen (secondary N) is 2. The number of carbonyl (C=O) groups is 2. The predicted octanol–water partition coefficient (Wildman–Crippen LogP) is 4.00. The van der Waals surface area contributed by atoms with Crippen molar-refractivity contribution in [3.05, 3.63) is 65.9 Å². The van der Waals surface area contributed by atoms with Gasteiger partial charge in [0, 0.05) is 33.6 Å². The Bertz CT molecular complexity index is 1550. The van der Waals surface area contributed by atoms with Crippen LogP contribution in [0.25, 0.3) is 0 Å². The molecule has 15 heteroatoms. The molecule has 0 saturated carbocycles. The molecule has 12 nitrogen and oxygen atoms in total. The number of halogens is 2. The molecule has 1 aromatic heterocycles. The minimum absolute atomic E-state index is 0.00993. The summed E-state index contributed by atoms with van der Waals surface area (Å²) in [5.41, 5.74) is 0.679. The van der Waals surface area contributed by atoms with Gasteiger partial charge in [-0.1, -0.05) is 12.1 Å². The van der Waals surface area contributed by atoms with E-state index in [0.29, 0.717) is 24.7 Å². The van der Waals surface area contributed by atoms with Crippen molar-refractivity contribution in [1.82, 2.24) is 14.9 Å². The van der Waals surface area contributed by atoms with E-state index < -0.39 is 49.8 Å². The van der Waals surface area contributed by atoms with Gasteiger partial charge in [0.25, 0.3) is 0 Å². The summed E-state index contributed by atoms with van der Waals surface area (Å²) in [5.74, 6) is -3.12. The van der Waals surface area contributed by atoms with Crippen LogP contribution in [0.3, 0.4) is 0 Å². The molecule has 2 atom stereocenters. The molecule has 0 bridgehead atoms. The Morgan fingerprint density at radius 2 is 1.67 bits per heavy atom. The predicted molar refractivity (Wildman–Crippen MR) is 157 cm³/mol. The second kappa shape index (κ2) is 14.1. The van der Waals surface area contributed by atoms with Crippen LogP contribution < -0.4 is 20.3 Å². The minimum atomic E-state index is -4.21. The highest BCUT2D eigenvalue weighted by molar-refractivity contribution is 7.92. The van der Waals surface area contributed by atoms with Gasteiger partial charge >= 0.3 is 12.1 Å². The zero-order valence-corrected chi connectivity index (χ0v) is 25.2. The van der Waals surface area contributed by atoms with Crippen molar-refractivity contribution in [1.29, 1.82) is 0 Å². The number of benzene rings is 2. The van der Waals surface area contributed by atoms with E-state index in [1.54, 1.807) is 26.2 Å². The first-order valence-corrected chi connectivity index (χ1v) is 14.9. The van der Waals surface area contributed by atoms with Crippen molar-refractivity contribution in [2.45, 2.75) is 43.5 Å². The monoisotopic (exact) mass is 620 g/mol. The molecule has 2 unspecified atom stereocenters. The SMILES string of the molecule is CCN(CC)c1ncc(NC(C)S(=O)(=O)c2ccc(F)c(F)c2)c(NC(Cc2ccc(OC(=O)N(C)C)cc2)C(=O)O)n1. The average Bonchev–Trinajstić information content (AvgIpc) is 2.96. The molecule has 0 aliphatic carbocycles. The molecule has 1 amide bonds. The van der Waals surface area contributed by atoms with Crippen LogP contribution >= 0.6 is 0 Å². The van der Waals surface area contributed by atoms with Crippen LogP contribution in [0.15, 0.2) is 53.6 Å². The number of nitrogens with zero attached hydrogens (tertiary/aromatic N) is 4. The minimum Gasteiger partial charge on any atom is -0.480 e. The van der Waals surface area contributed by atoms with Crippen LogP contribution in [-0.2, 0) is 21.1 Å². The molecule has 3 aromatic rings. The van der Waals surface area contributed by atoms with Crippen LogP contribution in [0, 0.1) is 11.6 Å². The van der Waals surface area contributed by atoms with Gasteiger partial charge < -0.3 is 30.3 Å². The van der Waals surface area contributed by atoms with Crippen molar-refractivity contribution < 1.29 is 36.6 Å². The Labute approximate surface area is 248 Å². The lowest BCUT2D eigenvalue weighted by molar-refractivity contribution is -0.137. The molecular weight excluding hydrogens is 586 g/mol. The summed E-state index contributed by atoms with van der Waals surface area (Å²) in [6.45, 7) is 6.19. The number of aromatic nitrogens is 2. The number of anilines is 3. The second-order valence-corrected chi connectivity index (χ2v) is 11.9. The Morgan fingerprint density at radius 1 is 1.02 bits per heavy atom. The smallest absolute Gasteiger partial charge is 0.414 e. The largest absolute Gasteiger partial charge is 0.480 e. The van der Waals surface area contributed by atoms with Gasteiger partial charge in [0.2, 0.25) is 5.95 Å². The van der Waals surface area contributed by atoms with E-state index >= 15 is 0 Å². The lowest BCUT2D eigenvalue weighted by Gasteiger charge is -2.24. The lowest BCUT2D eigenvalue weighted by atomic mass is 10.1. The van der Waals surface area contributed by atoms with Gasteiger partial charge in [-0.3, -0.25) is 0 Å². The van der Waals surface area contributed by atoms with Crippen molar-refractivity contribution in [3.63, 3.8) is 0 Å². The van der Waals surface area contributed by atoms with Crippen LogP contribution in [0.1, 0.15) is 26.3 Å². The third kappa shape index (κ3) is 8.28. The fraction of sp³-hybridized carbons (Fsp3) is 0.357. The van der Waals surface area contributed by atoms with Crippen LogP contribution in [-0.4, -0.2) is 79.1 Å². The Morgan fingerprint density at radius 3 is 2.23 bits per heavy atom. The zero-order chi connectivity index (χ0) is 31.9.